The normalized spacial score (nSPS) is 11.4. The fourth-order valence-corrected chi connectivity index (χ4v) is 4.87. The average molecular weight is 586 g/mol. The highest BCUT2D eigenvalue weighted by atomic mass is 79.9. The maximum Gasteiger partial charge on any atom is 0.129 e. The number of halogens is 4. The van der Waals surface area contributed by atoms with E-state index in [1.165, 1.54) is 0 Å². The molecular weight excluding hydrogens is 568 g/mol. The van der Waals surface area contributed by atoms with Gasteiger partial charge in [-0.1, -0.05) is 51.1 Å². The molecule has 22 heavy (non-hydrogen) atoms. The van der Waals surface area contributed by atoms with Crippen molar-refractivity contribution in [3.05, 3.63) is 29.0 Å². The molecule has 0 fully saturated rings. The topological polar surface area (TPSA) is 0 Å². The lowest BCUT2D eigenvalue weighted by atomic mass is 10.1. The molecule has 0 N–H and O–H groups in total. The van der Waals surface area contributed by atoms with Crippen molar-refractivity contribution in [2.45, 2.75) is 39.3 Å². The fourth-order valence-electron chi connectivity index (χ4n) is 1.35. The Labute approximate surface area is 169 Å². The third-order valence-electron chi connectivity index (χ3n) is 2.39. The zero-order chi connectivity index (χ0) is 17.3. The van der Waals surface area contributed by atoms with Gasteiger partial charge in [0.2, 0.25) is 0 Å². The van der Waals surface area contributed by atoms with E-state index in [1.54, 1.807) is 0 Å². The second kappa shape index (κ2) is 7.72. The predicted molar refractivity (Wildman–Crippen MR) is 118 cm³/mol. The summed E-state index contributed by atoms with van der Waals surface area (Å²) in [5.41, 5.74) is 8.73. The molecule has 0 radical (unpaired) electrons. The van der Waals surface area contributed by atoms with Crippen molar-refractivity contribution >= 4 is 79.9 Å². The molecule has 1 aromatic rings. The van der Waals surface area contributed by atoms with Crippen molar-refractivity contribution in [3.8, 4) is 22.9 Å². The monoisotopic (exact) mass is 582 g/mol. The van der Waals surface area contributed by atoms with Crippen LogP contribution in [0.3, 0.4) is 0 Å². The third kappa shape index (κ3) is 5.96. The molecule has 0 nitrogen and oxygen atoms in total. The molecule has 0 atom stereocenters. The van der Waals surface area contributed by atoms with Crippen LogP contribution >= 0.6 is 63.7 Å². The second-order valence-electron chi connectivity index (χ2n) is 7.01. The minimum Gasteiger partial charge on any atom is -0.127 e. The van der Waals surface area contributed by atoms with Crippen molar-refractivity contribution in [2.75, 3.05) is 0 Å². The molecule has 0 aliphatic heterocycles. The van der Waals surface area contributed by atoms with Crippen LogP contribution in [0, 0.1) is 22.9 Å². The van der Waals surface area contributed by atoms with Crippen LogP contribution in [0.25, 0.3) is 0 Å². The molecule has 0 aliphatic rings. The molecule has 6 heteroatoms. The van der Waals surface area contributed by atoms with E-state index in [2.05, 4.69) is 126 Å². The van der Waals surface area contributed by atoms with Gasteiger partial charge in [-0.3, -0.25) is 0 Å². The summed E-state index contributed by atoms with van der Waals surface area (Å²) in [6.45, 7) is 13.4. The summed E-state index contributed by atoms with van der Waals surface area (Å²) in [4.78, 5) is 0. The van der Waals surface area contributed by atoms with Gasteiger partial charge in [-0.15, -0.1) is 11.1 Å². The Morgan fingerprint density at radius 1 is 0.545 bits per heavy atom. The van der Waals surface area contributed by atoms with Crippen LogP contribution in [0.1, 0.15) is 11.1 Å². The molecule has 0 aromatic heterocycles. The number of benzene rings is 1. The number of rotatable bonds is 0. The zero-order valence-corrected chi connectivity index (χ0v) is 21.9. The van der Waals surface area contributed by atoms with E-state index in [9.17, 15) is 0 Å². The highest BCUT2D eigenvalue weighted by molar-refractivity contribution is 9.14. The van der Waals surface area contributed by atoms with E-state index in [0.717, 1.165) is 29.0 Å². The molecule has 0 saturated heterocycles. The second-order valence-corrected chi connectivity index (χ2v) is 19.7. The van der Waals surface area contributed by atoms with Crippen molar-refractivity contribution in [1.82, 2.24) is 0 Å². The Hall–Kier alpha value is 0.694. The van der Waals surface area contributed by atoms with Gasteiger partial charge in [-0.25, -0.2) is 0 Å². The van der Waals surface area contributed by atoms with E-state index >= 15 is 0 Å². The van der Waals surface area contributed by atoms with Crippen LogP contribution in [0.15, 0.2) is 17.9 Å². The van der Waals surface area contributed by atoms with Gasteiger partial charge in [0, 0.05) is 17.9 Å². The van der Waals surface area contributed by atoms with E-state index in [4.69, 9.17) is 0 Å². The molecule has 0 aliphatic carbocycles. The van der Waals surface area contributed by atoms with Gasteiger partial charge in [-0.2, -0.15) is 0 Å². The molecule has 0 saturated carbocycles. The average Bonchev–Trinajstić information content (AvgIpc) is 2.33. The third-order valence-corrected chi connectivity index (χ3v) is 8.37. The van der Waals surface area contributed by atoms with Crippen molar-refractivity contribution in [2.24, 2.45) is 0 Å². The van der Waals surface area contributed by atoms with Gasteiger partial charge < -0.3 is 0 Å². The summed E-state index contributed by atoms with van der Waals surface area (Å²) in [6, 6.07) is 0. The first kappa shape index (κ1) is 20.7. The Bertz CT molecular complexity index is 625. The van der Waals surface area contributed by atoms with Crippen molar-refractivity contribution in [3.63, 3.8) is 0 Å². The van der Waals surface area contributed by atoms with E-state index < -0.39 is 16.1 Å². The van der Waals surface area contributed by atoms with Gasteiger partial charge in [0.05, 0.1) is 11.1 Å². The Morgan fingerprint density at radius 3 is 0.955 bits per heavy atom. The number of hydrogen-bond donors (Lipinski definition) is 0. The van der Waals surface area contributed by atoms with Gasteiger partial charge in [0.15, 0.2) is 0 Å². The SMILES string of the molecule is C[Si](C)(C)C#Cc1c(Br)c(Br)c(C#C[Si](C)(C)C)c(Br)c1Br. The van der Waals surface area contributed by atoms with Crippen LogP contribution in [0.5, 0.6) is 0 Å². The highest BCUT2D eigenvalue weighted by Gasteiger charge is 2.18. The van der Waals surface area contributed by atoms with Crippen molar-refractivity contribution in [1.29, 1.82) is 0 Å². The maximum atomic E-state index is 3.66. The molecule has 1 aromatic carbocycles. The quantitative estimate of drug-likeness (QED) is 0.172. The Kier molecular flexibility index (Phi) is 7.28. The minimum absolute atomic E-state index is 0.952. The molecular formula is C16H18Br4Si2. The van der Waals surface area contributed by atoms with Gasteiger partial charge in [0.1, 0.15) is 16.1 Å². The maximum absolute atomic E-state index is 3.66. The van der Waals surface area contributed by atoms with E-state index in [-0.39, 0.29) is 0 Å². The lowest BCUT2D eigenvalue weighted by Gasteiger charge is -2.12. The molecule has 0 bridgehead atoms. The molecule has 0 amide bonds. The molecule has 0 heterocycles. The summed E-state index contributed by atoms with van der Waals surface area (Å²) in [5, 5.41) is 0. The molecule has 118 valence electrons. The van der Waals surface area contributed by atoms with Crippen LogP contribution in [-0.4, -0.2) is 16.1 Å². The largest absolute Gasteiger partial charge is 0.129 e. The molecule has 1 rings (SSSR count). The predicted octanol–water partition coefficient (Wildman–Crippen LogP) is 7.19. The van der Waals surface area contributed by atoms with E-state index in [0.29, 0.717) is 0 Å². The Morgan fingerprint density at radius 2 is 0.773 bits per heavy atom. The lowest BCUT2D eigenvalue weighted by molar-refractivity contribution is 1.42. The highest BCUT2D eigenvalue weighted by Crippen LogP contribution is 2.41. The smallest absolute Gasteiger partial charge is 0.127 e. The molecule has 0 unspecified atom stereocenters. The van der Waals surface area contributed by atoms with Gasteiger partial charge in [0.25, 0.3) is 0 Å². The van der Waals surface area contributed by atoms with Crippen LogP contribution < -0.4 is 0 Å². The summed E-state index contributed by atoms with van der Waals surface area (Å²) in [5.74, 6) is 6.64. The first-order chi connectivity index (χ1) is 9.83. The standard InChI is InChI=1S/C16H18Br4Si2/c1-21(2,3)9-7-11-13(17)15(19)12(16(20)14(11)18)8-10-22(4,5)6/h1-6H3. The first-order valence-corrected chi connectivity index (χ1v) is 16.9. The molecule has 0 spiro atoms. The fraction of sp³-hybridized carbons (Fsp3) is 0.375. The summed E-state index contributed by atoms with van der Waals surface area (Å²) < 4.78 is 3.81. The summed E-state index contributed by atoms with van der Waals surface area (Å²) in [7, 11) is -2.86. The zero-order valence-electron chi connectivity index (χ0n) is 13.5. The number of hydrogen-bond acceptors (Lipinski definition) is 0. The van der Waals surface area contributed by atoms with Crippen LogP contribution in [0.2, 0.25) is 39.3 Å². The van der Waals surface area contributed by atoms with Gasteiger partial charge in [-0.05, 0) is 63.7 Å². The Balaban J connectivity index is 3.57. The first-order valence-electron chi connectivity index (χ1n) is 6.76. The minimum atomic E-state index is -1.43. The van der Waals surface area contributed by atoms with Gasteiger partial charge >= 0.3 is 0 Å². The summed E-state index contributed by atoms with van der Waals surface area (Å²) >= 11 is 14.7. The summed E-state index contributed by atoms with van der Waals surface area (Å²) in [6.07, 6.45) is 0. The van der Waals surface area contributed by atoms with Crippen LogP contribution in [0.4, 0.5) is 0 Å². The van der Waals surface area contributed by atoms with Crippen LogP contribution in [-0.2, 0) is 0 Å². The van der Waals surface area contributed by atoms with E-state index in [1.807, 2.05) is 0 Å². The van der Waals surface area contributed by atoms with Crippen molar-refractivity contribution < 1.29 is 0 Å². The lowest BCUT2D eigenvalue weighted by Crippen LogP contribution is -2.16.